The summed E-state index contributed by atoms with van der Waals surface area (Å²) in [5.41, 5.74) is 0. The molecule has 0 unspecified atom stereocenters. The van der Waals surface area contributed by atoms with Crippen LogP contribution in [0, 0.1) is 11.8 Å². The van der Waals surface area contributed by atoms with Crippen molar-refractivity contribution in [3.8, 4) is 0 Å². The smallest absolute Gasteiger partial charge is 0.223 e. The van der Waals surface area contributed by atoms with Crippen LogP contribution in [0.5, 0.6) is 0 Å². The fraction of sp³-hybridized carbons (Fsp3) is 0.875. The van der Waals surface area contributed by atoms with E-state index in [1.807, 2.05) is 23.6 Å². The van der Waals surface area contributed by atoms with Crippen molar-refractivity contribution in [2.75, 3.05) is 13.1 Å². The van der Waals surface area contributed by atoms with E-state index < -0.39 is 0 Å². The minimum absolute atomic E-state index is 0.119. The maximum absolute atomic E-state index is 12.2. The van der Waals surface area contributed by atoms with Crippen LogP contribution < -0.4 is 0 Å². The largest absolute Gasteiger partial charge is 0.336 e. The van der Waals surface area contributed by atoms with E-state index in [2.05, 4.69) is 27.7 Å². The van der Waals surface area contributed by atoms with Crippen molar-refractivity contribution in [1.82, 2.24) is 9.80 Å². The summed E-state index contributed by atoms with van der Waals surface area (Å²) >= 11 is 0. The van der Waals surface area contributed by atoms with Crippen molar-refractivity contribution in [2.24, 2.45) is 11.8 Å². The molecule has 116 valence electrons. The summed E-state index contributed by atoms with van der Waals surface area (Å²) in [4.78, 5) is 28.4. The molecule has 1 saturated heterocycles. The lowest BCUT2D eigenvalue weighted by atomic mass is 10.0. The number of hydrogen-bond donors (Lipinski definition) is 0. The Morgan fingerprint density at radius 1 is 0.850 bits per heavy atom. The number of rotatable bonds is 4. The lowest BCUT2D eigenvalue weighted by Crippen LogP contribution is -2.59. The molecule has 0 aromatic carbocycles. The van der Waals surface area contributed by atoms with Crippen LogP contribution in [0.25, 0.3) is 0 Å². The predicted molar refractivity (Wildman–Crippen MR) is 81.3 cm³/mol. The molecule has 0 aromatic heterocycles. The molecule has 0 spiro atoms. The zero-order chi connectivity index (χ0) is 15.4. The third-order valence-electron chi connectivity index (χ3n) is 3.79. The summed E-state index contributed by atoms with van der Waals surface area (Å²) < 4.78 is 0. The zero-order valence-electron chi connectivity index (χ0n) is 13.8. The van der Waals surface area contributed by atoms with Crippen molar-refractivity contribution < 1.29 is 9.59 Å². The van der Waals surface area contributed by atoms with Gasteiger partial charge in [0.05, 0.1) is 0 Å². The van der Waals surface area contributed by atoms with Crippen LogP contribution in [0.3, 0.4) is 0 Å². The molecular formula is C16H30N2O2. The van der Waals surface area contributed by atoms with Crippen LogP contribution in [0.15, 0.2) is 0 Å². The average molecular weight is 282 g/mol. The fourth-order valence-corrected chi connectivity index (χ4v) is 2.75. The molecule has 0 bridgehead atoms. The molecule has 0 aliphatic carbocycles. The van der Waals surface area contributed by atoms with Gasteiger partial charge in [-0.1, -0.05) is 27.7 Å². The van der Waals surface area contributed by atoms with Crippen molar-refractivity contribution >= 4 is 11.8 Å². The highest BCUT2D eigenvalue weighted by Gasteiger charge is 2.34. The van der Waals surface area contributed by atoms with E-state index in [-0.39, 0.29) is 23.9 Å². The Bertz CT molecular complexity index is 318. The SMILES string of the molecule is CC(C)CC(=O)N1C[C@@H](C)N(C(=O)CC(C)C)C[C@H]1C. The summed E-state index contributed by atoms with van der Waals surface area (Å²) in [5, 5.41) is 0. The molecule has 1 heterocycles. The second-order valence-electron chi connectivity index (χ2n) is 6.99. The van der Waals surface area contributed by atoms with Gasteiger partial charge in [0.1, 0.15) is 0 Å². The molecule has 1 aliphatic heterocycles. The van der Waals surface area contributed by atoms with Gasteiger partial charge in [0.25, 0.3) is 0 Å². The van der Waals surface area contributed by atoms with Gasteiger partial charge in [-0.05, 0) is 25.7 Å². The number of carbonyl (C=O) groups is 2. The molecular weight excluding hydrogens is 252 g/mol. The van der Waals surface area contributed by atoms with E-state index in [0.717, 1.165) is 0 Å². The first-order valence-electron chi connectivity index (χ1n) is 7.81. The molecule has 0 N–H and O–H groups in total. The number of piperazine rings is 1. The van der Waals surface area contributed by atoms with Crippen molar-refractivity contribution in [1.29, 1.82) is 0 Å². The second kappa shape index (κ2) is 7.09. The molecule has 0 saturated carbocycles. The molecule has 1 rings (SSSR count). The molecule has 2 amide bonds. The molecule has 0 aromatic rings. The Kier molecular flexibility index (Phi) is 6.03. The average Bonchev–Trinajstić information content (AvgIpc) is 2.29. The van der Waals surface area contributed by atoms with Crippen LogP contribution in [0.4, 0.5) is 0 Å². The molecule has 1 fully saturated rings. The molecule has 4 nitrogen and oxygen atoms in total. The third-order valence-corrected chi connectivity index (χ3v) is 3.79. The van der Waals surface area contributed by atoms with Crippen molar-refractivity contribution in [3.63, 3.8) is 0 Å². The van der Waals surface area contributed by atoms with Crippen LogP contribution in [0.2, 0.25) is 0 Å². The molecule has 1 aliphatic rings. The van der Waals surface area contributed by atoms with Gasteiger partial charge in [-0.3, -0.25) is 9.59 Å². The highest BCUT2D eigenvalue weighted by atomic mass is 16.2. The Balaban J connectivity index is 2.66. The summed E-state index contributed by atoms with van der Waals surface area (Å²) in [6, 6.07) is 0.238. The maximum atomic E-state index is 12.2. The predicted octanol–water partition coefficient (Wildman–Crippen LogP) is 2.53. The van der Waals surface area contributed by atoms with Gasteiger partial charge in [0, 0.05) is 38.0 Å². The van der Waals surface area contributed by atoms with Gasteiger partial charge in [-0.15, -0.1) is 0 Å². The lowest BCUT2D eigenvalue weighted by Gasteiger charge is -2.44. The van der Waals surface area contributed by atoms with Gasteiger partial charge in [-0.25, -0.2) is 0 Å². The zero-order valence-corrected chi connectivity index (χ0v) is 13.8. The van der Waals surface area contributed by atoms with Crippen LogP contribution in [-0.2, 0) is 9.59 Å². The van der Waals surface area contributed by atoms with Crippen LogP contribution >= 0.6 is 0 Å². The van der Waals surface area contributed by atoms with Gasteiger partial charge in [0.15, 0.2) is 0 Å². The molecule has 20 heavy (non-hydrogen) atoms. The first kappa shape index (κ1) is 17.0. The van der Waals surface area contributed by atoms with Gasteiger partial charge in [0.2, 0.25) is 11.8 Å². The monoisotopic (exact) mass is 282 g/mol. The maximum Gasteiger partial charge on any atom is 0.223 e. The lowest BCUT2D eigenvalue weighted by molar-refractivity contribution is -0.146. The molecule has 4 heteroatoms. The van der Waals surface area contributed by atoms with Crippen LogP contribution in [-0.4, -0.2) is 46.8 Å². The van der Waals surface area contributed by atoms with Crippen molar-refractivity contribution in [2.45, 2.75) is 66.5 Å². The normalized spacial score (nSPS) is 23.6. The minimum atomic E-state index is 0.119. The van der Waals surface area contributed by atoms with Gasteiger partial charge >= 0.3 is 0 Å². The van der Waals surface area contributed by atoms with E-state index in [0.29, 0.717) is 37.8 Å². The highest BCUT2D eigenvalue weighted by Crippen LogP contribution is 2.19. The Morgan fingerprint density at radius 3 is 1.40 bits per heavy atom. The fourth-order valence-electron chi connectivity index (χ4n) is 2.75. The quantitative estimate of drug-likeness (QED) is 0.795. The van der Waals surface area contributed by atoms with Crippen molar-refractivity contribution in [3.05, 3.63) is 0 Å². The first-order valence-corrected chi connectivity index (χ1v) is 7.81. The third kappa shape index (κ3) is 4.50. The van der Waals surface area contributed by atoms with E-state index in [1.54, 1.807) is 0 Å². The summed E-state index contributed by atoms with van der Waals surface area (Å²) in [5.74, 6) is 1.20. The Morgan fingerprint density at radius 2 is 1.15 bits per heavy atom. The topological polar surface area (TPSA) is 40.6 Å². The van der Waals surface area contributed by atoms with E-state index >= 15 is 0 Å². The second-order valence-corrected chi connectivity index (χ2v) is 6.99. The van der Waals surface area contributed by atoms with Crippen LogP contribution in [0.1, 0.15) is 54.4 Å². The Labute approximate surface area is 123 Å². The van der Waals surface area contributed by atoms with E-state index in [1.165, 1.54) is 0 Å². The minimum Gasteiger partial charge on any atom is -0.336 e. The molecule has 2 atom stereocenters. The van der Waals surface area contributed by atoms with E-state index in [4.69, 9.17) is 0 Å². The number of hydrogen-bond acceptors (Lipinski definition) is 2. The van der Waals surface area contributed by atoms with E-state index in [9.17, 15) is 9.59 Å². The number of amides is 2. The summed E-state index contributed by atoms with van der Waals surface area (Å²) in [6.45, 7) is 13.7. The number of carbonyl (C=O) groups excluding carboxylic acids is 2. The summed E-state index contributed by atoms with van der Waals surface area (Å²) in [7, 11) is 0. The van der Waals surface area contributed by atoms with Gasteiger partial charge in [-0.2, -0.15) is 0 Å². The van der Waals surface area contributed by atoms with Gasteiger partial charge < -0.3 is 9.80 Å². The Hall–Kier alpha value is -1.06. The molecule has 0 radical (unpaired) electrons. The first-order chi connectivity index (χ1) is 9.22. The standard InChI is InChI=1S/C16H30N2O2/c1-11(2)7-15(19)17-9-14(6)18(10-13(17)5)16(20)8-12(3)4/h11-14H,7-10H2,1-6H3/t13-,14-/m1/s1. The highest BCUT2D eigenvalue weighted by molar-refractivity contribution is 5.79. The number of nitrogens with zero attached hydrogens (tertiary/aromatic N) is 2. The summed E-state index contributed by atoms with van der Waals surface area (Å²) in [6.07, 6.45) is 1.19.